The van der Waals surface area contributed by atoms with E-state index in [1.165, 1.54) is 103 Å². The maximum absolute atomic E-state index is 11.5. The highest BCUT2D eigenvalue weighted by Crippen LogP contribution is 2.24. The van der Waals surface area contributed by atoms with Crippen molar-refractivity contribution in [3.63, 3.8) is 0 Å². The van der Waals surface area contributed by atoms with Gasteiger partial charge in [-0.05, 0) is 162 Å². The lowest BCUT2D eigenvalue weighted by Gasteiger charge is -2.18. The van der Waals surface area contributed by atoms with E-state index < -0.39 is 70.2 Å². The highest BCUT2D eigenvalue weighted by Gasteiger charge is 2.23. The lowest BCUT2D eigenvalue weighted by molar-refractivity contribution is -0.193. The van der Waals surface area contributed by atoms with Crippen molar-refractivity contribution in [1.29, 1.82) is 0 Å². The third kappa shape index (κ3) is 61.9. The highest BCUT2D eigenvalue weighted by atomic mass is 32.1. The Morgan fingerprint density at radius 1 is 0.402 bits per heavy atom. The van der Waals surface area contributed by atoms with Gasteiger partial charge in [0.05, 0.1) is 71.8 Å². The maximum Gasteiger partial charge on any atom is 0.413 e. The van der Waals surface area contributed by atoms with Crippen LogP contribution >= 0.6 is 90.7 Å². The molecular formula is C73H108N22O19S8. The van der Waals surface area contributed by atoms with Crippen LogP contribution in [-0.2, 0) is 109 Å². The van der Waals surface area contributed by atoms with Crippen molar-refractivity contribution in [3.8, 4) is 0 Å². The van der Waals surface area contributed by atoms with Crippen molar-refractivity contribution in [2.75, 3.05) is 43.4 Å². The summed E-state index contributed by atoms with van der Waals surface area (Å²) >= 11 is 10.7. The van der Waals surface area contributed by atoms with E-state index in [1.54, 1.807) is 110 Å². The topological polar surface area (TPSA) is 607 Å². The molecule has 8 heterocycles. The van der Waals surface area contributed by atoms with Gasteiger partial charge in [0.2, 0.25) is 11.8 Å². The van der Waals surface area contributed by atoms with Crippen LogP contribution in [-0.4, -0.2) is 139 Å². The molecule has 8 aromatic heterocycles. The average molecular weight is 1850 g/mol. The van der Waals surface area contributed by atoms with Gasteiger partial charge >= 0.3 is 48.9 Å². The fraction of sp³-hybridized carbons (Fsp3) is 0.479. The van der Waals surface area contributed by atoms with Gasteiger partial charge in [-0.3, -0.25) is 41.5 Å². The number of azide groups is 1. The van der Waals surface area contributed by atoms with Crippen molar-refractivity contribution in [2.24, 2.45) is 10.8 Å². The number of ether oxygens (including phenoxy) is 6. The minimum Gasteiger partial charge on any atom is -0.444 e. The SMILES string of the molecule is C=CC(=O)NCc1csc(N)n1.C=CC(=O)NCc1csc(NC(=O)OC(C)(C)C)n1.CC(C)(C)OC(=O)Nc1nc(CN)cs1.CC(C)(C)OC(=O)Nc1nc(CN=[N+]=[N-])cs1.CC(C)(C)OC(=O)Nc1nc(CO)cs1.CCc1csc(N)n1.CCc1csc(NC(=O)OC(C)(C)C)n1.CCc1csc(NC(=O)OC(C)(C)C)n1.O=C=O.O=C=O. The number of thiazole rings is 8. The van der Waals surface area contributed by atoms with E-state index in [-0.39, 0.29) is 43.8 Å². The second kappa shape index (κ2) is 58.6. The predicted octanol–water partition coefficient (Wildman–Crippen LogP) is 16.3. The van der Waals surface area contributed by atoms with Crippen molar-refractivity contribution < 1.29 is 91.1 Å². The molecule has 0 saturated carbocycles. The Labute approximate surface area is 738 Å². The average Bonchev–Trinajstić information content (AvgIpc) is 1.75. The van der Waals surface area contributed by atoms with Crippen LogP contribution in [0.4, 0.5) is 69.8 Å². The van der Waals surface area contributed by atoms with Crippen LogP contribution in [0.1, 0.15) is 191 Å². The number of carbonyl (C=O) groups is 8. The van der Waals surface area contributed by atoms with Crippen LogP contribution in [0, 0.1) is 0 Å². The number of aromatic nitrogens is 8. The summed E-state index contributed by atoms with van der Waals surface area (Å²) in [5, 5.41) is 51.3. The molecule has 0 radical (unpaired) electrons. The van der Waals surface area contributed by atoms with E-state index in [4.69, 9.17) is 75.4 Å². The number of anilines is 8. The van der Waals surface area contributed by atoms with Gasteiger partial charge in [0.25, 0.3) is 0 Å². The zero-order valence-corrected chi connectivity index (χ0v) is 78.1. The number of hydrogen-bond donors (Lipinski definition) is 12. The molecule has 8 aromatic rings. The lowest BCUT2D eigenvalue weighted by atomic mass is 10.2. The molecule has 0 saturated heterocycles. The number of carbonyl (C=O) groups excluding carboxylic acids is 12. The summed E-state index contributed by atoms with van der Waals surface area (Å²) in [6.45, 7) is 46.3. The Bertz CT molecular complexity index is 4320. The van der Waals surface area contributed by atoms with Gasteiger partial charge in [0.15, 0.2) is 41.1 Å². The Hall–Kier alpha value is -11.3. The molecule has 122 heavy (non-hydrogen) atoms. The molecule has 0 aliphatic rings. The molecule has 8 rings (SSSR count). The molecule has 0 atom stereocenters. The third-order valence-electron chi connectivity index (χ3n) is 11.1. The van der Waals surface area contributed by atoms with Gasteiger partial charge in [-0.1, -0.05) is 39.0 Å². The molecule has 0 aliphatic heterocycles. The first kappa shape index (κ1) is 113. The molecule has 0 aromatic carbocycles. The first-order chi connectivity index (χ1) is 56.7. The summed E-state index contributed by atoms with van der Waals surface area (Å²) in [7, 11) is 0. The minimum absolute atomic E-state index is 0.132. The van der Waals surface area contributed by atoms with E-state index >= 15 is 0 Å². The second-order valence-corrected chi connectivity index (χ2v) is 35.7. The molecule has 0 fully saturated rings. The molecule has 49 heteroatoms. The van der Waals surface area contributed by atoms with E-state index in [2.05, 4.69) is 113 Å². The summed E-state index contributed by atoms with van der Waals surface area (Å²) in [5.41, 5.74) is 27.6. The zero-order valence-electron chi connectivity index (χ0n) is 71.6. The summed E-state index contributed by atoms with van der Waals surface area (Å²) in [6, 6.07) is 0. The van der Waals surface area contributed by atoms with E-state index in [0.717, 1.165) is 47.7 Å². The van der Waals surface area contributed by atoms with Crippen LogP contribution in [0.15, 0.2) is 73.5 Å². The highest BCUT2D eigenvalue weighted by molar-refractivity contribution is 7.15. The van der Waals surface area contributed by atoms with Gasteiger partial charge in [-0.25, -0.2) is 68.6 Å². The first-order valence-corrected chi connectivity index (χ1v) is 42.9. The molecule has 41 nitrogen and oxygen atoms in total. The molecule has 0 aliphatic carbocycles. The number of nitrogens with two attached hydrogens (primary N) is 3. The van der Waals surface area contributed by atoms with Gasteiger partial charge in [0, 0.05) is 54.5 Å². The molecule has 8 amide bonds. The van der Waals surface area contributed by atoms with E-state index in [0.29, 0.717) is 71.2 Å². The van der Waals surface area contributed by atoms with Crippen molar-refractivity contribution >= 4 is 192 Å². The third-order valence-corrected chi connectivity index (χ3v) is 17.4. The molecule has 0 unspecified atom stereocenters. The Kier molecular flexibility index (Phi) is 54.1. The number of aliphatic hydroxyl groups is 1. The summed E-state index contributed by atoms with van der Waals surface area (Å²) < 4.78 is 30.5. The fourth-order valence-corrected chi connectivity index (χ4v) is 12.2. The second-order valence-electron chi connectivity index (χ2n) is 28.8. The van der Waals surface area contributed by atoms with Crippen LogP contribution in [0.3, 0.4) is 0 Å². The Balaban J connectivity index is 0. The fourth-order valence-electron chi connectivity index (χ4n) is 6.67. The molecule has 15 N–H and O–H groups in total. The van der Waals surface area contributed by atoms with E-state index in [1.807, 2.05) is 71.5 Å². The number of hydrogen-bond acceptors (Lipinski definition) is 39. The number of aliphatic hydroxyl groups excluding tert-OH is 1. The lowest BCUT2D eigenvalue weighted by Crippen LogP contribution is -2.27. The van der Waals surface area contributed by atoms with Gasteiger partial charge in [-0.2, -0.15) is 19.2 Å². The zero-order chi connectivity index (χ0) is 93.6. The van der Waals surface area contributed by atoms with Gasteiger partial charge in [0.1, 0.15) is 33.6 Å². The number of nitrogens with zero attached hydrogens (tertiary/aromatic N) is 11. The van der Waals surface area contributed by atoms with Crippen LogP contribution in [0.5, 0.6) is 0 Å². The van der Waals surface area contributed by atoms with E-state index in [9.17, 15) is 38.4 Å². The maximum atomic E-state index is 11.5. The summed E-state index contributed by atoms with van der Waals surface area (Å²) in [6.07, 6.45) is 2.56. The molecule has 0 spiro atoms. The smallest absolute Gasteiger partial charge is 0.413 e. The number of nitrogens with one attached hydrogen (secondary N) is 8. The van der Waals surface area contributed by atoms with Gasteiger partial charge < -0.3 is 61.4 Å². The number of nitrogen functional groups attached to an aromatic ring is 2. The number of rotatable bonds is 19. The normalized spacial score (nSPS) is 10.3. The summed E-state index contributed by atoms with van der Waals surface area (Å²) in [4.78, 5) is 158. The molecular weight excluding hydrogens is 1750 g/mol. The quantitative estimate of drug-likeness (QED) is 0.0118. The van der Waals surface area contributed by atoms with Crippen LogP contribution < -0.4 is 59.7 Å². The Morgan fingerprint density at radius 2 is 0.615 bits per heavy atom. The first-order valence-electron chi connectivity index (χ1n) is 35.9. The predicted molar refractivity (Wildman–Crippen MR) is 474 cm³/mol. The monoisotopic (exact) mass is 1850 g/mol. The largest absolute Gasteiger partial charge is 0.444 e. The standard InChI is InChI=1S/C12H17N3O3S.2C10H16N2O2S.C9H13N5O2S.C9H15N3O2S.C9H14N2O3S.C7H9N3OS.C5H8N2S.2CO2/c1-5-9(16)13-6-8-7-19-10(14-8)15-11(17)18-12(2,3)4;2*1-5-7-6-15-8(11-7)12-9(13)14-10(2,3)4;1-9(2,3)16-8(15)13-7-12-6(5-17-7)4-11-14-10;1-9(2,3)14-8(13)12-7-11-6(4-10)5-15-7;1-9(2,3)14-8(13)11-7-10-6(4-12)5-15-7;1-2-6(11)9-3-5-4-12-7(8)10-5;1-2-4-3-8-5(6)7-4;2*2-1-3/h5,7H,1,6H2,2-4H3,(H,13,16)(H,14,15,17);2*6H,5H2,1-4H3,(H,11,12,13);5H,4H2,1-3H3,(H,12,13,15);5H,4,10H2,1-3H3,(H,11,12,13);5,12H,4H2,1-3H3,(H,10,11,13);2,4H,1,3H2,(H2,8,10)(H,9,11);3H,2H2,1H3,(H2,6,7);;. The van der Waals surface area contributed by atoms with Crippen molar-refractivity contribution in [3.05, 3.63) is 124 Å². The number of amides is 8. The van der Waals surface area contributed by atoms with Crippen molar-refractivity contribution in [1.82, 2.24) is 50.5 Å². The summed E-state index contributed by atoms with van der Waals surface area (Å²) in [5.74, 6) is -0.476. The molecule has 0 bridgehead atoms. The van der Waals surface area contributed by atoms with Gasteiger partial charge in [-0.15, -0.1) is 90.7 Å². The van der Waals surface area contributed by atoms with Crippen LogP contribution in [0.25, 0.3) is 10.4 Å². The molecule has 672 valence electrons. The van der Waals surface area contributed by atoms with Crippen LogP contribution in [0.2, 0.25) is 0 Å². The minimum atomic E-state index is -0.554. The number of aryl methyl sites for hydroxylation is 3. The Morgan fingerprint density at radius 3 is 0.828 bits per heavy atom. The van der Waals surface area contributed by atoms with Crippen molar-refractivity contribution in [2.45, 2.75) is 231 Å².